The Labute approximate surface area is 115 Å². The number of fused-ring (bicyclic) bond motifs is 1. The third-order valence-electron chi connectivity index (χ3n) is 3.16. The molecule has 0 bridgehead atoms. The van der Waals surface area contributed by atoms with Crippen LogP contribution in [-0.2, 0) is 0 Å². The van der Waals surface area contributed by atoms with Gasteiger partial charge in [0.25, 0.3) is 0 Å². The number of ether oxygens (including phenoxy) is 1. The number of methoxy groups -OCH3 is 1. The fraction of sp³-hybridized carbons (Fsp3) is 0.200. The van der Waals surface area contributed by atoms with E-state index in [9.17, 15) is 0 Å². The van der Waals surface area contributed by atoms with Crippen molar-refractivity contribution in [2.24, 2.45) is 0 Å². The average Bonchev–Trinajstić information content (AvgIpc) is 2.81. The topological polar surface area (TPSA) is 35.0 Å². The molecule has 3 nitrogen and oxygen atoms in total. The summed E-state index contributed by atoms with van der Waals surface area (Å²) in [6.45, 7) is 4.16. The smallest absolute Gasteiger partial charge is 0.128 e. The van der Waals surface area contributed by atoms with Crippen molar-refractivity contribution >= 4 is 21.6 Å². The highest BCUT2D eigenvalue weighted by molar-refractivity contribution is 7.17. The largest absolute Gasteiger partial charge is 0.496 e. The van der Waals surface area contributed by atoms with Gasteiger partial charge in [-0.2, -0.15) is 0 Å². The monoisotopic (exact) mass is 270 g/mol. The minimum absolute atomic E-state index is 0.844. The van der Waals surface area contributed by atoms with E-state index in [2.05, 4.69) is 35.3 Å². The van der Waals surface area contributed by atoms with E-state index >= 15 is 0 Å². The first kappa shape index (κ1) is 12.1. The summed E-state index contributed by atoms with van der Waals surface area (Å²) >= 11 is 1.65. The van der Waals surface area contributed by atoms with Gasteiger partial charge in [-0.15, -0.1) is 11.3 Å². The van der Waals surface area contributed by atoms with Crippen LogP contribution in [0.2, 0.25) is 0 Å². The zero-order chi connectivity index (χ0) is 13.4. The molecule has 0 amide bonds. The van der Waals surface area contributed by atoms with Crippen LogP contribution >= 0.6 is 11.3 Å². The lowest BCUT2D eigenvalue weighted by molar-refractivity contribution is 0.416. The van der Waals surface area contributed by atoms with Gasteiger partial charge in [0.1, 0.15) is 16.9 Å². The number of aromatic nitrogens is 2. The maximum Gasteiger partial charge on any atom is 0.128 e. The minimum atomic E-state index is 0.844. The fourth-order valence-electron chi connectivity index (χ4n) is 2.23. The molecular formula is C15H14N2OS. The first-order valence-electron chi connectivity index (χ1n) is 6.04. The third-order valence-corrected chi connectivity index (χ3v) is 4.17. The second kappa shape index (κ2) is 4.63. The molecular weight excluding hydrogens is 256 g/mol. The molecule has 0 saturated carbocycles. The van der Waals surface area contributed by atoms with Gasteiger partial charge >= 0.3 is 0 Å². The van der Waals surface area contributed by atoms with Crippen LogP contribution < -0.4 is 4.74 Å². The SMILES string of the molecule is COc1ccc(C)cc1-c1ncnc2scc(C)c12. The number of aryl methyl sites for hydroxylation is 2. The summed E-state index contributed by atoms with van der Waals surface area (Å²) < 4.78 is 5.46. The van der Waals surface area contributed by atoms with Gasteiger partial charge in [0, 0.05) is 10.9 Å². The Bertz CT molecular complexity index is 749. The molecule has 2 heterocycles. The molecule has 0 N–H and O–H groups in total. The van der Waals surface area contributed by atoms with Crippen molar-refractivity contribution in [1.29, 1.82) is 0 Å². The Morgan fingerprint density at radius 3 is 2.79 bits per heavy atom. The standard InChI is InChI=1S/C15H14N2OS/c1-9-4-5-12(18-3)11(6-9)14-13-10(2)7-19-15(13)17-8-16-14/h4-8H,1-3H3. The zero-order valence-corrected chi connectivity index (χ0v) is 11.9. The van der Waals surface area contributed by atoms with Crippen LogP contribution in [0.3, 0.4) is 0 Å². The second-order valence-corrected chi connectivity index (χ2v) is 5.38. The maximum atomic E-state index is 5.46. The Morgan fingerprint density at radius 2 is 2.00 bits per heavy atom. The van der Waals surface area contributed by atoms with Gasteiger partial charge < -0.3 is 4.74 Å². The van der Waals surface area contributed by atoms with Crippen LogP contribution in [0.25, 0.3) is 21.5 Å². The summed E-state index contributed by atoms with van der Waals surface area (Å²) in [7, 11) is 1.69. The fourth-order valence-corrected chi connectivity index (χ4v) is 3.12. The first-order valence-corrected chi connectivity index (χ1v) is 6.92. The van der Waals surface area contributed by atoms with E-state index in [0.29, 0.717) is 0 Å². The Morgan fingerprint density at radius 1 is 1.16 bits per heavy atom. The molecule has 0 aliphatic rings. The molecule has 3 aromatic rings. The molecule has 0 aliphatic heterocycles. The molecule has 3 rings (SSSR count). The zero-order valence-electron chi connectivity index (χ0n) is 11.1. The van der Waals surface area contributed by atoms with E-state index < -0.39 is 0 Å². The van der Waals surface area contributed by atoms with Gasteiger partial charge in [0.05, 0.1) is 12.8 Å². The molecule has 0 unspecified atom stereocenters. The molecule has 4 heteroatoms. The Balaban J connectivity index is 2.35. The highest BCUT2D eigenvalue weighted by Crippen LogP contribution is 2.36. The van der Waals surface area contributed by atoms with Crippen LogP contribution in [0.5, 0.6) is 5.75 Å². The number of nitrogens with zero attached hydrogens (tertiary/aromatic N) is 2. The predicted molar refractivity (Wildman–Crippen MR) is 78.9 cm³/mol. The van der Waals surface area contributed by atoms with E-state index in [1.54, 1.807) is 24.8 Å². The number of thiophene rings is 1. The van der Waals surface area contributed by atoms with Crippen molar-refractivity contribution in [3.05, 3.63) is 41.0 Å². The van der Waals surface area contributed by atoms with Gasteiger partial charge in [-0.05, 0) is 36.9 Å². The van der Waals surface area contributed by atoms with Gasteiger partial charge in [0.2, 0.25) is 0 Å². The van der Waals surface area contributed by atoms with E-state index in [0.717, 1.165) is 27.2 Å². The summed E-state index contributed by atoms with van der Waals surface area (Å²) in [5.74, 6) is 0.844. The molecule has 0 radical (unpaired) electrons. The van der Waals surface area contributed by atoms with Crippen LogP contribution in [0.1, 0.15) is 11.1 Å². The molecule has 2 aromatic heterocycles. The van der Waals surface area contributed by atoms with Crippen LogP contribution in [0, 0.1) is 13.8 Å². The minimum Gasteiger partial charge on any atom is -0.496 e. The van der Waals surface area contributed by atoms with Crippen LogP contribution in [0.4, 0.5) is 0 Å². The summed E-state index contributed by atoms with van der Waals surface area (Å²) in [5.41, 5.74) is 4.37. The lowest BCUT2D eigenvalue weighted by Crippen LogP contribution is -1.93. The van der Waals surface area contributed by atoms with Gasteiger partial charge in [-0.25, -0.2) is 9.97 Å². The molecule has 0 aliphatic carbocycles. The summed E-state index contributed by atoms with van der Waals surface area (Å²) in [6, 6.07) is 6.14. The quantitative estimate of drug-likeness (QED) is 0.706. The van der Waals surface area contributed by atoms with Gasteiger partial charge in [-0.1, -0.05) is 11.6 Å². The molecule has 1 aromatic carbocycles. The molecule has 96 valence electrons. The Hall–Kier alpha value is -1.94. The summed E-state index contributed by atoms with van der Waals surface area (Å²) in [4.78, 5) is 9.83. The normalized spacial score (nSPS) is 10.9. The van der Waals surface area contributed by atoms with Crippen LogP contribution in [-0.4, -0.2) is 17.1 Å². The highest BCUT2D eigenvalue weighted by Gasteiger charge is 2.14. The molecule has 0 saturated heterocycles. The van der Waals surface area contributed by atoms with Crippen molar-refractivity contribution in [1.82, 2.24) is 9.97 Å². The number of rotatable bonds is 2. The number of benzene rings is 1. The first-order chi connectivity index (χ1) is 9.20. The predicted octanol–water partition coefficient (Wildman–Crippen LogP) is 3.98. The van der Waals surface area contributed by atoms with E-state index in [4.69, 9.17) is 4.74 Å². The molecule has 0 spiro atoms. The number of hydrogen-bond donors (Lipinski definition) is 0. The van der Waals surface area contributed by atoms with E-state index in [1.165, 1.54) is 11.1 Å². The third kappa shape index (κ3) is 1.98. The molecule has 19 heavy (non-hydrogen) atoms. The molecule has 0 atom stereocenters. The van der Waals surface area contributed by atoms with Crippen molar-refractivity contribution in [2.75, 3.05) is 7.11 Å². The van der Waals surface area contributed by atoms with E-state index in [-0.39, 0.29) is 0 Å². The maximum absolute atomic E-state index is 5.46. The second-order valence-electron chi connectivity index (χ2n) is 4.52. The Kier molecular flexibility index (Phi) is 2.95. The van der Waals surface area contributed by atoms with Crippen molar-refractivity contribution in [3.8, 4) is 17.0 Å². The van der Waals surface area contributed by atoms with Crippen molar-refractivity contribution in [2.45, 2.75) is 13.8 Å². The summed E-state index contributed by atoms with van der Waals surface area (Å²) in [6.07, 6.45) is 1.62. The lowest BCUT2D eigenvalue weighted by atomic mass is 10.0. The average molecular weight is 270 g/mol. The number of hydrogen-bond acceptors (Lipinski definition) is 4. The highest BCUT2D eigenvalue weighted by atomic mass is 32.1. The van der Waals surface area contributed by atoms with Crippen LogP contribution in [0.15, 0.2) is 29.9 Å². The van der Waals surface area contributed by atoms with Gasteiger partial charge in [0.15, 0.2) is 0 Å². The van der Waals surface area contributed by atoms with Crippen molar-refractivity contribution < 1.29 is 4.74 Å². The van der Waals surface area contributed by atoms with Gasteiger partial charge in [-0.3, -0.25) is 0 Å². The van der Waals surface area contributed by atoms with Crippen molar-refractivity contribution in [3.63, 3.8) is 0 Å². The molecule has 0 fully saturated rings. The lowest BCUT2D eigenvalue weighted by Gasteiger charge is -2.10. The summed E-state index contributed by atoms with van der Waals surface area (Å²) in [5, 5.41) is 3.24. The van der Waals surface area contributed by atoms with E-state index in [1.807, 2.05) is 12.1 Å².